The van der Waals surface area contributed by atoms with Crippen LogP contribution in [0, 0.1) is 5.92 Å². The molecule has 0 unspecified atom stereocenters. The average Bonchev–Trinajstić information content (AvgIpc) is 2.75. The third-order valence-corrected chi connectivity index (χ3v) is 5.24. The largest absolute Gasteiger partial charge is 0.466 e. The van der Waals surface area contributed by atoms with E-state index >= 15 is 0 Å². The van der Waals surface area contributed by atoms with E-state index in [4.69, 9.17) is 18.9 Å². The van der Waals surface area contributed by atoms with Crippen molar-refractivity contribution in [2.75, 3.05) is 46.2 Å². The predicted octanol–water partition coefficient (Wildman–Crippen LogP) is 6.72. The molecule has 0 aromatic heterocycles. The van der Waals surface area contributed by atoms with Crippen molar-refractivity contribution in [2.45, 2.75) is 111 Å². The maximum Gasteiger partial charge on any atom is 0.305 e. The Morgan fingerprint density at radius 3 is 1.68 bits per heavy atom. The zero-order valence-electron chi connectivity index (χ0n) is 21.0. The molecule has 0 saturated carbocycles. The molecular weight excluding hydrogens is 392 g/mol. The molecule has 0 atom stereocenters. The highest BCUT2D eigenvalue weighted by atomic mass is 16.5. The van der Waals surface area contributed by atoms with Crippen LogP contribution in [-0.4, -0.2) is 52.2 Å². The Balaban J connectivity index is 3.14. The van der Waals surface area contributed by atoms with Gasteiger partial charge in [-0.2, -0.15) is 0 Å². The maximum absolute atomic E-state index is 11.7. The number of unbranched alkanes of at least 4 members (excludes halogenated alkanes) is 9. The molecule has 5 heteroatoms. The van der Waals surface area contributed by atoms with Gasteiger partial charge in [-0.05, 0) is 25.2 Å². The van der Waals surface area contributed by atoms with Crippen molar-refractivity contribution in [1.82, 2.24) is 0 Å². The molecule has 186 valence electrons. The third-order valence-electron chi connectivity index (χ3n) is 5.24. The Labute approximate surface area is 192 Å². The standard InChI is InChI=1S/C26H52O5/c1-4-5-6-7-10-13-18-28-21-23-30-24-22-29-19-15-17-26(27)31-20-14-11-8-9-12-16-25(2)3/h25H,4-24H2,1-3H3. The summed E-state index contributed by atoms with van der Waals surface area (Å²) in [6, 6.07) is 0. The van der Waals surface area contributed by atoms with Gasteiger partial charge in [0, 0.05) is 19.6 Å². The highest BCUT2D eigenvalue weighted by molar-refractivity contribution is 5.69. The van der Waals surface area contributed by atoms with Gasteiger partial charge in [-0.15, -0.1) is 0 Å². The van der Waals surface area contributed by atoms with Crippen LogP contribution in [0.5, 0.6) is 0 Å². The minimum Gasteiger partial charge on any atom is -0.466 e. The molecule has 0 N–H and O–H groups in total. The molecule has 0 heterocycles. The lowest BCUT2D eigenvalue weighted by atomic mass is 10.0. The van der Waals surface area contributed by atoms with E-state index in [0.717, 1.165) is 31.8 Å². The van der Waals surface area contributed by atoms with E-state index < -0.39 is 0 Å². The molecule has 0 amide bonds. The van der Waals surface area contributed by atoms with E-state index in [2.05, 4.69) is 20.8 Å². The van der Waals surface area contributed by atoms with E-state index in [0.29, 0.717) is 52.5 Å². The van der Waals surface area contributed by atoms with Gasteiger partial charge in [-0.3, -0.25) is 4.79 Å². The number of carbonyl (C=O) groups is 1. The third kappa shape index (κ3) is 27.3. The first-order valence-corrected chi connectivity index (χ1v) is 13.1. The van der Waals surface area contributed by atoms with Crippen molar-refractivity contribution in [1.29, 1.82) is 0 Å². The second-order valence-electron chi connectivity index (χ2n) is 8.88. The van der Waals surface area contributed by atoms with Crippen molar-refractivity contribution >= 4 is 5.97 Å². The number of hydrogen-bond acceptors (Lipinski definition) is 5. The van der Waals surface area contributed by atoms with E-state index in [-0.39, 0.29) is 5.97 Å². The maximum atomic E-state index is 11.7. The molecule has 0 bridgehead atoms. The number of esters is 1. The summed E-state index contributed by atoms with van der Waals surface area (Å²) in [5.41, 5.74) is 0. The van der Waals surface area contributed by atoms with Crippen LogP contribution in [0.1, 0.15) is 111 Å². The first-order chi connectivity index (χ1) is 15.2. The number of rotatable bonds is 25. The molecule has 0 aliphatic rings. The quantitative estimate of drug-likeness (QED) is 0.116. The van der Waals surface area contributed by atoms with Gasteiger partial charge in [0.1, 0.15) is 0 Å². The van der Waals surface area contributed by atoms with E-state index in [9.17, 15) is 4.79 Å². The second kappa shape index (κ2) is 25.6. The van der Waals surface area contributed by atoms with Gasteiger partial charge in [0.05, 0.1) is 33.0 Å². The number of ether oxygens (including phenoxy) is 4. The van der Waals surface area contributed by atoms with Crippen LogP contribution in [0.15, 0.2) is 0 Å². The molecule has 0 fully saturated rings. The lowest BCUT2D eigenvalue weighted by Gasteiger charge is -2.07. The fourth-order valence-corrected chi connectivity index (χ4v) is 3.29. The van der Waals surface area contributed by atoms with Gasteiger partial charge in [-0.25, -0.2) is 0 Å². The summed E-state index contributed by atoms with van der Waals surface area (Å²) in [5.74, 6) is 0.693. The van der Waals surface area contributed by atoms with Gasteiger partial charge in [0.2, 0.25) is 0 Å². The summed E-state index contributed by atoms with van der Waals surface area (Å²) in [5, 5.41) is 0. The second-order valence-corrected chi connectivity index (χ2v) is 8.88. The SMILES string of the molecule is CCCCCCCCOCCOCCOCCCC(=O)OCCCCCCCC(C)C. The highest BCUT2D eigenvalue weighted by Crippen LogP contribution is 2.10. The Morgan fingerprint density at radius 2 is 1.06 bits per heavy atom. The van der Waals surface area contributed by atoms with E-state index in [1.165, 1.54) is 57.8 Å². The summed E-state index contributed by atoms with van der Waals surface area (Å²) in [4.78, 5) is 11.7. The lowest BCUT2D eigenvalue weighted by Crippen LogP contribution is -2.11. The summed E-state index contributed by atoms with van der Waals surface area (Å²) in [7, 11) is 0. The normalized spacial score (nSPS) is 11.4. The van der Waals surface area contributed by atoms with Crippen LogP contribution >= 0.6 is 0 Å². The topological polar surface area (TPSA) is 54.0 Å². The molecule has 0 aliphatic heterocycles. The summed E-state index contributed by atoms with van der Waals surface area (Å²) >= 11 is 0. The molecule has 0 aromatic rings. The van der Waals surface area contributed by atoms with Gasteiger partial charge >= 0.3 is 5.97 Å². The predicted molar refractivity (Wildman–Crippen MR) is 129 cm³/mol. The zero-order valence-corrected chi connectivity index (χ0v) is 21.0. The highest BCUT2D eigenvalue weighted by Gasteiger charge is 2.03. The number of hydrogen-bond donors (Lipinski definition) is 0. The molecule has 0 radical (unpaired) electrons. The van der Waals surface area contributed by atoms with Crippen LogP contribution in [0.25, 0.3) is 0 Å². The van der Waals surface area contributed by atoms with Gasteiger partial charge in [-0.1, -0.05) is 85.0 Å². The van der Waals surface area contributed by atoms with Crippen molar-refractivity contribution in [3.8, 4) is 0 Å². The molecule has 0 saturated heterocycles. The molecule has 0 aromatic carbocycles. The van der Waals surface area contributed by atoms with Gasteiger partial charge in [0.25, 0.3) is 0 Å². The minimum atomic E-state index is -0.109. The molecule has 31 heavy (non-hydrogen) atoms. The zero-order chi connectivity index (χ0) is 22.8. The first-order valence-electron chi connectivity index (χ1n) is 13.1. The minimum absolute atomic E-state index is 0.109. The Morgan fingerprint density at radius 1 is 0.581 bits per heavy atom. The molecule has 5 nitrogen and oxygen atoms in total. The smallest absolute Gasteiger partial charge is 0.305 e. The Bertz CT molecular complexity index is 360. The Hall–Kier alpha value is -0.650. The average molecular weight is 445 g/mol. The van der Waals surface area contributed by atoms with Gasteiger partial charge in [0.15, 0.2) is 0 Å². The van der Waals surface area contributed by atoms with Crippen LogP contribution in [0.2, 0.25) is 0 Å². The van der Waals surface area contributed by atoms with Crippen LogP contribution in [0.3, 0.4) is 0 Å². The number of carbonyl (C=O) groups excluding carboxylic acids is 1. The van der Waals surface area contributed by atoms with Crippen LogP contribution in [-0.2, 0) is 23.7 Å². The summed E-state index contributed by atoms with van der Waals surface area (Å²) in [6.07, 6.45) is 16.1. The van der Waals surface area contributed by atoms with Crippen molar-refractivity contribution < 1.29 is 23.7 Å². The van der Waals surface area contributed by atoms with Crippen LogP contribution in [0.4, 0.5) is 0 Å². The first kappa shape index (κ1) is 30.4. The summed E-state index contributed by atoms with van der Waals surface area (Å²) in [6.45, 7) is 11.1. The fourth-order valence-electron chi connectivity index (χ4n) is 3.29. The van der Waals surface area contributed by atoms with E-state index in [1.807, 2.05) is 0 Å². The van der Waals surface area contributed by atoms with E-state index in [1.54, 1.807) is 0 Å². The molecule has 0 rings (SSSR count). The van der Waals surface area contributed by atoms with Gasteiger partial charge < -0.3 is 18.9 Å². The van der Waals surface area contributed by atoms with Crippen molar-refractivity contribution in [3.63, 3.8) is 0 Å². The summed E-state index contributed by atoms with van der Waals surface area (Å²) < 4.78 is 21.8. The molecular formula is C26H52O5. The lowest BCUT2D eigenvalue weighted by molar-refractivity contribution is -0.144. The molecule has 0 aliphatic carbocycles. The monoisotopic (exact) mass is 444 g/mol. The molecule has 0 spiro atoms. The van der Waals surface area contributed by atoms with Crippen molar-refractivity contribution in [2.24, 2.45) is 5.92 Å². The fraction of sp³-hybridized carbons (Fsp3) is 0.962. The van der Waals surface area contributed by atoms with Crippen molar-refractivity contribution in [3.05, 3.63) is 0 Å². The van der Waals surface area contributed by atoms with Crippen LogP contribution < -0.4 is 0 Å². The Kier molecular flexibility index (Phi) is 25.1.